The van der Waals surface area contributed by atoms with Crippen LogP contribution in [0.25, 0.3) is 0 Å². The number of hydrogen-bond donors (Lipinski definition) is 2. The molecule has 106 valence electrons. The van der Waals surface area contributed by atoms with Crippen molar-refractivity contribution < 1.29 is 14.6 Å². The minimum Gasteiger partial charge on any atom is -0.393 e. The standard InChI is InChI=1S/C13H26N2O3/c1-10(13(17)14-5-4-6-18-3)15(2)9-11-7-12(16)8-11/h10-12,16H,4-9H2,1-3H3,(H,14,17). The van der Waals surface area contributed by atoms with E-state index in [1.165, 1.54) is 0 Å². The molecule has 2 N–H and O–H groups in total. The Morgan fingerprint density at radius 3 is 2.78 bits per heavy atom. The summed E-state index contributed by atoms with van der Waals surface area (Å²) in [5.74, 6) is 0.599. The predicted octanol–water partition coefficient (Wildman–Crippen LogP) is 0.230. The molecule has 0 aromatic carbocycles. The highest BCUT2D eigenvalue weighted by Gasteiger charge is 2.30. The molecule has 1 atom stereocenters. The summed E-state index contributed by atoms with van der Waals surface area (Å²) >= 11 is 0. The first-order valence-electron chi connectivity index (χ1n) is 6.69. The van der Waals surface area contributed by atoms with Crippen molar-refractivity contribution in [3.05, 3.63) is 0 Å². The lowest BCUT2D eigenvalue weighted by atomic mass is 9.82. The zero-order chi connectivity index (χ0) is 13.5. The first-order chi connectivity index (χ1) is 8.54. The van der Waals surface area contributed by atoms with E-state index < -0.39 is 0 Å². The SMILES string of the molecule is COCCCNC(=O)C(C)N(C)CC1CC(O)C1. The largest absolute Gasteiger partial charge is 0.393 e. The molecule has 0 aliphatic heterocycles. The molecule has 1 fully saturated rings. The Labute approximate surface area is 109 Å². The van der Waals surface area contributed by atoms with Gasteiger partial charge in [0, 0.05) is 26.8 Å². The van der Waals surface area contributed by atoms with E-state index >= 15 is 0 Å². The maximum atomic E-state index is 11.9. The number of carbonyl (C=O) groups is 1. The molecule has 0 bridgehead atoms. The number of rotatable bonds is 8. The second-order valence-corrected chi connectivity index (χ2v) is 5.24. The van der Waals surface area contributed by atoms with Crippen LogP contribution in [-0.2, 0) is 9.53 Å². The molecule has 1 unspecified atom stereocenters. The van der Waals surface area contributed by atoms with E-state index in [2.05, 4.69) is 10.2 Å². The fraction of sp³-hybridized carbons (Fsp3) is 0.923. The van der Waals surface area contributed by atoms with Gasteiger partial charge >= 0.3 is 0 Å². The lowest BCUT2D eigenvalue weighted by molar-refractivity contribution is -0.125. The molecule has 1 rings (SSSR count). The van der Waals surface area contributed by atoms with Crippen molar-refractivity contribution in [3.8, 4) is 0 Å². The zero-order valence-corrected chi connectivity index (χ0v) is 11.7. The van der Waals surface area contributed by atoms with Crippen molar-refractivity contribution in [1.82, 2.24) is 10.2 Å². The molecule has 0 aromatic heterocycles. The number of aliphatic hydroxyl groups is 1. The van der Waals surface area contributed by atoms with E-state index in [9.17, 15) is 9.90 Å². The molecule has 1 saturated carbocycles. The first kappa shape index (κ1) is 15.4. The summed E-state index contributed by atoms with van der Waals surface area (Å²) in [6.07, 6.45) is 2.45. The van der Waals surface area contributed by atoms with Crippen molar-refractivity contribution in [1.29, 1.82) is 0 Å². The maximum Gasteiger partial charge on any atom is 0.237 e. The zero-order valence-electron chi connectivity index (χ0n) is 11.7. The van der Waals surface area contributed by atoms with E-state index in [0.29, 0.717) is 19.1 Å². The Bertz CT molecular complexity index is 255. The summed E-state index contributed by atoms with van der Waals surface area (Å²) in [7, 11) is 3.62. The topological polar surface area (TPSA) is 61.8 Å². The predicted molar refractivity (Wildman–Crippen MR) is 70.3 cm³/mol. The lowest BCUT2D eigenvalue weighted by Gasteiger charge is -2.36. The van der Waals surface area contributed by atoms with Gasteiger partial charge in [-0.3, -0.25) is 9.69 Å². The summed E-state index contributed by atoms with van der Waals surface area (Å²) in [5, 5.41) is 12.1. The van der Waals surface area contributed by atoms with Gasteiger partial charge in [0.05, 0.1) is 12.1 Å². The van der Waals surface area contributed by atoms with Crippen molar-refractivity contribution >= 4 is 5.91 Å². The van der Waals surface area contributed by atoms with Gasteiger partial charge in [0.15, 0.2) is 0 Å². The van der Waals surface area contributed by atoms with Crippen LogP contribution < -0.4 is 5.32 Å². The summed E-state index contributed by atoms with van der Waals surface area (Å²) in [5.41, 5.74) is 0. The summed E-state index contributed by atoms with van der Waals surface area (Å²) in [6.45, 7) is 4.13. The van der Waals surface area contributed by atoms with Gasteiger partial charge < -0.3 is 15.2 Å². The number of nitrogens with one attached hydrogen (secondary N) is 1. The number of ether oxygens (including phenoxy) is 1. The normalized spacial score (nSPS) is 24.7. The number of likely N-dealkylation sites (N-methyl/N-ethyl adjacent to an activating group) is 1. The number of methoxy groups -OCH3 is 1. The van der Waals surface area contributed by atoms with Gasteiger partial charge in [-0.2, -0.15) is 0 Å². The molecule has 5 nitrogen and oxygen atoms in total. The van der Waals surface area contributed by atoms with Crippen molar-refractivity contribution in [2.75, 3.05) is 33.9 Å². The quantitative estimate of drug-likeness (QED) is 0.612. The third-order valence-electron chi connectivity index (χ3n) is 3.62. The van der Waals surface area contributed by atoms with Crippen LogP contribution >= 0.6 is 0 Å². The highest BCUT2D eigenvalue weighted by molar-refractivity contribution is 5.81. The van der Waals surface area contributed by atoms with Crippen LogP contribution in [0.4, 0.5) is 0 Å². The molecular weight excluding hydrogens is 232 g/mol. The van der Waals surface area contributed by atoms with Gasteiger partial charge in [-0.25, -0.2) is 0 Å². The molecule has 0 radical (unpaired) electrons. The van der Waals surface area contributed by atoms with Crippen molar-refractivity contribution in [2.45, 2.75) is 38.3 Å². The fourth-order valence-electron chi connectivity index (χ4n) is 2.19. The molecule has 0 saturated heterocycles. The van der Waals surface area contributed by atoms with E-state index in [0.717, 1.165) is 25.8 Å². The Hall–Kier alpha value is -0.650. The first-order valence-corrected chi connectivity index (χ1v) is 6.69. The van der Waals surface area contributed by atoms with Gasteiger partial charge in [-0.05, 0) is 39.2 Å². The minimum atomic E-state index is -0.124. The second kappa shape index (κ2) is 7.71. The molecule has 18 heavy (non-hydrogen) atoms. The number of amides is 1. The Balaban J connectivity index is 2.16. The van der Waals surface area contributed by atoms with Crippen molar-refractivity contribution in [3.63, 3.8) is 0 Å². The van der Waals surface area contributed by atoms with E-state index in [-0.39, 0.29) is 18.1 Å². The minimum absolute atomic E-state index is 0.0634. The van der Waals surface area contributed by atoms with Gasteiger partial charge in [0.1, 0.15) is 0 Å². The Morgan fingerprint density at radius 2 is 2.22 bits per heavy atom. The third kappa shape index (κ3) is 4.92. The molecule has 0 spiro atoms. The molecule has 0 aromatic rings. The van der Waals surface area contributed by atoms with Gasteiger partial charge in [0.2, 0.25) is 5.91 Å². The molecule has 5 heteroatoms. The highest BCUT2D eigenvalue weighted by atomic mass is 16.5. The number of aliphatic hydroxyl groups excluding tert-OH is 1. The molecule has 1 aliphatic carbocycles. The van der Waals surface area contributed by atoms with Crippen LogP contribution in [0.15, 0.2) is 0 Å². The average molecular weight is 258 g/mol. The Morgan fingerprint density at radius 1 is 1.56 bits per heavy atom. The molecule has 1 aliphatic rings. The van der Waals surface area contributed by atoms with E-state index in [4.69, 9.17) is 4.74 Å². The van der Waals surface area contributed by atoms with Crippen LogP contribution in [0.2, 0.25) is 0 Å². The third-order valence-corrected chi connectivity index (χ3v) is 3.62. The molecule has 0 heterocycles. The van der Waals surface area contributed by atoms with Crippen LogP contribution in [-0.4, -0.2) is 61.9 Å². The Kier molecular flexibility index (Phi) is 6.60. The summed E-state index contributed by atoms with van der Waals surface area (Å²) in [6, 6.07) is -0.120. The van der Waals surface area contributed by atoms with Crippen LogP contribution in [0.1, 0.15) is 26.2 Å². The fourth-order valence-corrected chi connectivity index (χ4v) is 2.19. The van der Waals surface area contributed by atoms with Crippen molar-refractivity contribution in [2.24, 2.45) is 5.92 Å². The number of nitrogens with zero attached hydrogens (tertiary/aromatic N) is 1. The van der Waals surface area contributed by atoms with Crippen LogP contribution in [0.3, 0.4) is 0 Å². The van der Waals surface area contributed by atoms with E-state index in [1.807, 2.05) is 14.0 Å². The lowest BCUT2D eigenvalue weighted by Crippen LogP contribution is -2.47. The number of hydrogen-bond acceptors (Lipinski definition) is 4. The molecular formula is C13H26N2O3. The van der Waals surface area contributed by atoms with Crippen LogP contribution in [0.5, 0.6) is 0 Å². The van der Waals surface area contributed by atoms with Gasteiger partial charge in [-0.15, -0.1) is 0 Å². The van der Waals surface area contributed by atoms with Gasteiger partial charge in [-0.1, -0.05) is 0 Å². The highest BCUT2D eigenvalue weighted by Crippen LogP contribution is 2.27. The number of carbonyl (C=O) groups excluding carboxylic acids is 1. The van der Waals surface area contributed by atoms with E-state index in [1.54, 1.807) is 7.11 Å². The summed E-state index contributed by atoms with van der Waals surface area (Å²) in [4.78, 5) is 13.9. The van der Waals surface area contributed by atoms with Gasteiger partial charge in [0.25, 0.3) is 0 Å². The average Bonchev–Trinajstić information content (AvgIpc) is 2.31. The maximum absolute atomic E-state index is 11.9. The summed E-state index contributed by atoms with van der Waals surface area (Å²) < 4.78 is 4.93. The monoisotopic (exact) mass is 258 g/mol. The molecule has 1 amide bonds. The van der Waals surface area contributed by atoms with Crippen LogP contribution in [0, 0.1) is 5.92 Å². The second-order valence-electron chi connectivity index (χ2n) is 5.24. The smallest absolute Gasteiger partial charge is 0.237 e.